The molecule has 0 fully saturated rings. The number of carbonyl (C=O) groups excluding carboxylic acids is 1. The van der Waals surface area contributed by atoms with E-state index in [0.29, 0.717) is 18.5 Å². The van der Waals surface area contributed by atoms with Gasteiger partial charge in [0.2, 0.25) is 5.91 Å². The van der Waals surface area contributed by atoms with Crippen molar-refractivity contribution in [2.24, 2.45) is 0 Å². The van der Waals surface area contributed by atoms with Crippen molar-refractivity contribution in [3.05, 3.63) is 53.6 Å². The summed E-state index contributed by atoms with van der Waals surface area (Å²) in [5.74, 6) is 0.769. The van der Waals surface area contributed by atoms with Gasteiger partial charge in [0, 0.05) is 6.42 Å². The second kappa shape index (κ2) is 6.79. The molecular formula is C17H19NO3. The number of aryl methyl sites for hydroxylation is 2. The fourth-order valence-corrected chi connectivity index (χ4v) is 2.01. The van der Waals surface area contributed by atoms with Crippen molar-refractivity contribution in [3.8, 4) is 11.5 Å². The van der Waals surface area contributed by atoms with Crippen LogP contribution in [0.4, 0.5) is 5.69 Å². The van der Waals surface area contributed by atoms with Crippen LogP contribution in [0.1, 0.15) is 17.5 Å². The summed E-state index contributed by atoms with van der Waals surface area (Å²) in [6.45, 7) is 1.88. The molecule has 2 rings (SSSR count). The van der Waals surface area contributed by atoms with Crippen molar-refractivity contribution >= 4 is 11.6 Å². The molecule has 0 radical (unpaired) electrons. The Balaban J connectivity index is 1.89. The van der Waals surface area contributed by atoms with Crippen LogP contribution < -0.4 is 10.1 Å². The second-order valence-electron chi connectivity index (χ2n) is 4.92. The van der Waals surface area contributed by atoms with E-state index in [4.69, 9.17) is 4.74 Å². The molecule has 0 aliphatic rings. The van der Waals surface area contributed by atoms with Crippen LogP contribution in [0.2, 0.25) is 0 Å². The number of ether oxygens (including phenoxy) is 1. The van der Waals surface area contributed by atoms with Crippen LogP contribution in [0.3, 0.4) is 0 Å². The van der Waals surface area contributed by atoms with Gasteiger partial charge in [0.05, 0.1) is 12.8 Å². The van der Waals surface area contributed by atoms with Gasteiger partial charge in [-0.05, 0) is 48.7 Å². The van der Waals surface area contributed by atoms with E-state index in [9.17, 15) is 9.90 Å². The van der Waals surface area contributed by atoms with Gasteiger partial charge in [-0.2, -0.15) is 0 Å². The van der Waals surface area contributed by atoms with E-state index >= 15 is 0 Å². The Hall–Kier alpha value is -2.49. The highest BCUT2D eigenvalue weighted by Crippen LogP contribution is 2.24. The third-order valence-electron chi connectivity index (χ3n) is 3.23. The van der Waals surface area contributed by atoms with Gasteiger partial charge < -0.3 is 15.2 Å². The lowest BCUT2D eigenvalue weighted by atomic mass is 10.1. The Kier molecular flexibility index (Phi) is 4.82. The van der Waals surface area contributed by atoms with Crippen LogP contribution in [0.15, 0.2) is 42.5 Å². The Morgan fingerprint density at radius 3 is 2.52 bits per heavy atom. The minimum absolute atomic E-state index is 0.0906. The van der Waals surface area contributed by atoms with Gasteiger partial charge in [0.25, 0.3) is 0 Å². The first-order valence-electron chi connectivity index (χ1n) is 6.81. The lowest BCUT2D eigenvalue weighted by molar-refractivity contribution is -0.116. The van der Waals surface area contributed by atoms with Crippen molar-refractivity contribution in [1.29, 1.82) is 0 Å². The average molecular weight is 285 g/mol. The molecule has 0 saturated carbocycles. The molecule has 0 aliphatic heterocycles. The maximum atomic E-state index is 11.9. The van der Waals surface area contributed by atoms with Crippen molar-refractivity contribution in [1.82, 2.24) is 0 Å². The molecular weight excluding hydrogens is 266 g/mol. The summed E-state index contributed by atoms with van der Waals surface area (Å²) in [5, 5.41) is 12.5. The Morgan fingerprint density at radius 2 is 1.90 bits per heavy atom. The lowest BCUT2D eigenvalue weighted by Gasteiger charge is -2.08. The standard InChI is InChI=1S/C17H19NO3/c1-12-3-9-15(16(19)11-12)18-17(20)10-6-13-4-7-14(21-2)8-5-13/h3-5,7-9,11,19H,6,10H2,1-2H3,(H,18,20). The van der Waals surface area contributed by atoms with Crippen molar-refractivity contribution in [2.75, 3.05) is 12.4 Å². The van der Waals surface area contributed by atoms with E-state index in [1.807, 2.05) is 37.3 Å². The highest BCUT2D eigenvalue weighted by molar-refractivity contribution is 5.92. The van der Waals surface area contributed by atoms with Crippen LogP contribution in [0, 0.1) is 6.92 Å². The zero-order valence-electron chi connectivity index (χ0n) is 12.2. The summed E-state index contributed by atoms with van der Waals surface area (Å²) in [6, 6.07) is 12.8. The normalized spacial score (nSPS) is 10.2. The topological polar surface area (TPSA) is 58.6 Å². The smallest absolute Gasteiger partial charge is 0.224 e. The van der Waals surface area contributed by atoms with E-state index in [-0.39, 0.29) is 11.7 Å². The molecule has 0 atom stereocenters. The van der Waals surface area contributed by atoms with Gasteiger partial charge in [-0.3, -0.25) is 4.79 Å². The molecule has 0 bridgehead atoms. The van der Waals surface area contributed by atoms with Crippen LogP contribution in [0.5, 0.6) is 11.5 Å². The maximum absolute atomic E-state index is 11.9. The largest absolute Gasteiger partial charge is 0.506 e. The zero-order valence-corrected chi connectivity index (χ0v) is 12.2. The SMILES string of the molecule is COc1ccc(CCC(=O)Nc2ccc(C)cc2O)cc1. The Labute approximate surface area is 124 Å². The predicted molar refractivity (Wildman–Crippen MR) is 82.8 cm³/mol. The number of anilines is 1. The summed E-state index contributed by atoms with van der Waals surface area (Å²) >= 11 is 0. The molecule has 4 heteroatoms. The van der Waals surface area contributed by atoms with Crippen LogP contribution in [0.25, 0.3) is 0 Å². The van der Waals surface area contributed by atoms with E-state index in [2.05, 4.69) is 5.32 Å². The first-order valence-corrected chi connectivity index (χ1v) is 6.81. The molecule has 0 heterocycles. The Morgan fingerprint density at radius 1 is 1.19 bits per heavy atom. The van der Waals surface area contributed by atoms with Crippen molar-refractivity contribution < 1.29 is 14.6 Å². The summed E-state index contributed by atoms with van der Waals surface area (Å²) in [7, 11) is 1.62. The fourth-order valence-electron chi connectivity index (χ4n) is 2.01. The monoisotopic (exact) mass is 285 g/mol. The molecule has 0 unspecified atom stereocenters. The van der Waals surface area contributed by atoms with Crippen LogP contribution in [-0.4, -0.2) is 18.1 Å². The summed E-state index contributed by atoms with van der Waals surface area (Å²) < 4.78 is 5.09. The van der Waals surface area contributed by atoms with Gasteiger partial charge in [0.15, 0.2) is 0 Å². The molecule has 110 valence electrons. The Bertz CT molecular complexity index is 620. The minimum Gasteiger partial charge on any atom is -0.506 e. The van der Waals surface area contributed by atoms with E-state index in [0.717, 1.165) is 16.9 Å². The van der Waals surface area contributed by atoms with Gasteiger partial charge in [-0.1, -0.05) is 18.2 Å². The van der Waals surface area contributed by atoms with Crippen LogP contribution >= 0.6 is 0 Å². The molecule has 21 heavy (non-hydrogen) atoms. The fraction of sp³-hybridized carbons (Fsp3) is 0.235. The van der Waals surface area contributed by atoms with Crippen molar-refractivity contribution in [2.45, 2.75) is 19.8 Å². The number of benzene rings is 2. The van der Waals surface area contributed by atoms with Gasteiger partial charge in [0.1, 0.15) is 11.5 Å². The van der Waals surface area contributed by atoms with E-state index in [1.165, 1.54) is 0 Å². The number of aromatic hydroxyl groups is 1. The number of nitrogens with one attached hydrogen (secondary N) is 1. The second-order valence-corrected chi connectivity index (χ2v) is 4.92. The molecule has 0 aliphatic carbocycles. The molecule has 0 aromatic heterocycles. The lowest BCUT2D eigenvalue weighted by Crippen LogP contribution is -2.12. The highest BCUT2D eigenvalue weighted by Gasteiger charge is 2.07. The summed E-state index contributed by atoms with van der Waals surface area (Å²) in [5.41, 5.74) is 2.46. The first kappa shape index (κ1) is 14.9. The highest BCUT2D eigenvalue weighted by atomic mass is 16.5. The number of amides is 1. The maximum Gasteiger partial charge on any atom is 0.224 e. The molecule has 2 N–H and O–H groups in total. The summed E-state index contributed by atoms with van der Waals surface area (Å²) in [4.78, 5) is 11.9. The third-order valence-corrected chi connectivity index (χ3v) is 3.23. The van der Waals surface area contributed by atoms with E-state index < -0.39 is 0 Å². The molecule has 0 saturated heterocycles. The van der Waals surface area contributed by atoms with Gasteiger partial charge in [-0.15, -0.1) is 0 Å². The summed E-state index contributed by atoms with van der Waals surface area (Å²) in [6.07, 6.45) is 1.00. The molecule has 2 aromatic rings. The number of rotatable bonds is 5. The zero-order chi connectivity index (χ0) is 15.2. The predicted octanol–water partition coefficient (Wildman–Crippen LogP) is 3.28. The van der Waals surface area contributed by atoms with Gasteiger partial charge >= 0.3 is 0 Å². The minimum atomic E-state index is -0.120. The number of carbonyl (C=O) groups is 1. The van der Waals surface area contributed by atoms with Gasteiger partial charge in [-0.25, -0.2) is 0 Å². The molecule has 4 nitrogen and oxygen atoms in total. The number of hydrogen-bond donors (Lipinski definition) is 2. The molecule has 1 amide bonds. The number of phenols is 1. The number of phenolic OH excluding ortho intramolecular Hbond substituents is 1. The first-order chi connectivity index (χ1) is 10.1. The van der Waals surface area contributed by atoms with E-state index in [1.54, 1.807) is 19.2 Å². The quantitative estimate of drug-likeness (QED) is 0.829. The third kappa shape index (κ3) is 4.24. The molecule has 0 spiro atoms. The van der Waals surface area contributed by atoms with Crippen LogP contribution in [-0.2, 0) is 11.2 Å². The number of methoxy groups -OCH3 is 1. The molecule has 2 aromatic carbocycles. The number of hydrogen-bond acceptors (Lipinski definition) is 3. The van der Waals surface area contributed by atoms with Crippen molar-refractivity contribution in [3.63, 3.8) is 0 Å². The average Bonchev–Trinajstić information content (AvgIpc) is 2.48.